The summed E-state index contributed by atoms with van der Waals surface area (Å²) in [6.45, 7) is 3.50. The van der Waals surface area contributed by atoms with Gasteiger partial charge in [-0.2, -0.15) is 13.2 Å². The topological polar surface area (TPSA) is 70.2 Å². The number of rotatable bonds is 6. The van der Waals surface area contributed by atoms with Crippen LogP contribution in [0.15, 0.2) is 48.5 Å². The van der Waals surface area contributed by atoms with Gasteiger partial charge in [-0.15, -0.1) is 0 Å². The molecule has 0 aliphatic heterocycles. The molecule has 0 atom stereocenters. The standard InChI is InChI=1S/C19H20F3N3O2/c1-12(2)24-18(27)13-6-8-15(9-7-13)25-17(26)11-23-16-5-3-4-14(10-16)19(20,21)22/h3-10,12,23H,11H2,1-2H3,(H,24,27)(H,25,26). The Kier molecular flexibility index (Phi) is 6.44. The number of alkyl halides is 3. The van der Waals surface area contributed by atoms with Gasteiger partial charge in [-0.1, -0.05) is 6.07 Å². The lowest BCUT2D eigenvalue weighted by atomic mass is 10.2. The smallest absolute Gasteiger partial charge is 0.376 e. The van der Waals surface area contributed by atoms with Crippen molar-refractivity contribution in [3.8, 4) is 0 Å². The van der Waals surface area contributed by atoms with E-state index in [-0.39, 0.29) is 24.2 Å². The number of benzene rings is 2. The van der Waals surface area contributed by atoms with Gasteiger partial charge >= 0.3 is 6.18 Å². The van der Waals surface area contributed by atoms with Gasteiger partial charge in [0.1, 0.15) is 0 Å². The Balaban J connectivity index is 1.90. The molecule has 0 saturated carbocycles. The summed E-state index contributed by atoms with van der Waals surface area (Å²) in [6, 6.07) is 10.9. The zero-order valence-corrected chi connectivity index (χ0v) is 14.9. The molecule has 0 aliphatic rings. The predicted molar refractivity (Wildman–Crippen MR) is 97.6 cm³/mol. The van der Waals surface area contributed by atoms with Crippen molar-refractivity contribution < 1.29 is 22.8 Å². The van der Waals surface area contributed by atoms with Crippen LogP contribution in [-0.2, 0) is 11.0 Å². The molecule has 27 heavy (non-hydrogen) atoms. The Morgan fingerprint density at radius 2 is 1.67 bits per heavy atom. The van der Waals surface area contributed by atoms with Crippen LogP contribution in [0, 0.1) is 0 Å². The van der Waals surface area contributed by atoms with Gasteiger partial charge in [0.05, 0.1) is 12.1 Å². The molecule has 0 aromatic heterocycles. The van der Waals surface area contributed by atoms with E-state index in [4.69, 9.17) is 0 Å². The first kappa shape index (κ1) is 20.3. The number of carbonyl (C=O) groups is 2. The zero-order valence-electron chi connectivity index (χ0n) is 14.9. The highest BCUT2D eigenvalue weighted by Crippen LogP contribution is 2.30. The fourth-order valence-electron chi connectivity index (χ4n) is 2.24. The molecule has 8 heteroatoms. The summed E-state index contributed by atoms with van der Waals surface area (Å²) in [4.78, 5) is 23.8. The quantitative estimate of drug-likeness (QED) is 0.713. The van der Waals surface area contributed by atoms with E-state index < -0.39 is 17.6 Å². The molecule has 144 valence electrons. The largest absolute Gasteiger partial charge is 0.416 e. The minimum absolute atomic E-state index is 0.0128. The molecule has 0 bridgehead atoms. The molecule has 0 saturated heterocycles. The van der Waals surface area contributed by atoms with E-state index >= 15 is 0 Å². The Labute approximate surface area is 155 Å². The van der Waals surface area contributed by atoms with Crippen LogP contribution in [0.5, 0.6) is 0 Å². The normalized spacial score (nSPS) is 11.2. The number of hydrogen-bond acceptors (Lipinski definition) is 3. The van der Waals surface area contributed by atoms with E-state index in [0.29, 0.717) is 11.3 Å². The third-order valence-electron chi connectivity index (χ3n) is 3.49. The monoisotopic (exact) mass is 379 g/mol. The Morgan fingerprint density at radius 1 is 1.00 bits per heavy atom. The number of halogens is 3. The van der Waals surface area contributed by atoms with Crippen LogP contribution < -0.4 is 16.0 Å². The van der Waals surface area contributed by atoms with Gasteiger partial charge in [0.25, 0.3) is 5.91 Å². The number of amides is 2. The van der Waals surface area contributed by atoms with Crippen molar-refractivity contribution in [3.63, 3.8) is 0 Å². The third-order valence-corrected chi connectivity index (χ3v) is 3.49. The van der Waals surface area contributed by atoms with Crippen molar-refractivity contribution in [2.75, 3.05) is 17.2 Å². The second-order valence-corrected chi connectivity index (χ2v) is 6.19. The van der Waals surface area contributed by atoms with Crippen molar-refractivity contribution in [3.05, 3.63) is 59.7 Å². The molecule has 2 rings (SSSR count). The lowest BCUT2D eigenvalue weighted by Crippen LogP contribution is -2.30. The van der Waals surface area contributed by atoms with Crippen LogP contribution in [-0.4, -0.2) is 24.4 Å². The van der Waals surface area contributed by atoms with Crippen LogP contribution >= 0.6 is 0 Å². The predicted octanol–water partition coefficient (Wildman–Crippen LogP) is 3.89. The summed E-state index contributed by atoms with van der Waals surface area (Å²) in [6.07, 6.45) is -4.44. The highest BCUT2D eigenvalue weighted by atomic mass is 19.4. The Hall–Kier alpha value is -3.03. The summed E-state index contributed by atoms with van der Waals surface area (Å²) in [5.74, 6) is -0.638. The van der Waals surface area contributed by atoms with E-state index in [1.54, 1.807) is 24.3 Å². The summed E-state index contributed by atoms with van der Waals surface area (Å²) >= 11 is 0. The van der Waals surface area contributed by atoms with Crippen molar-refractivity contribution in [2.24, 2.45) is 0 Å². The molecule has 2 aromatic carbocycles. The van der Waals surface area contributed by atoms with Gasteiger partial charge in [0.15, 0.2) is 0 Å². The van der Waals surface area contributed by atoms with Crippen molar-refractivity contribution >= 4 is 23.2 Å². The molecule has 0 unspecified atom stereocenters. The maximum atomic E-state index is 12.7. The molecule has 5 nitrogen and oxygen atoms in total. The van der Waals surface area contributed by atoms with Crippen molar-refractivity contribution in [2.45, 2.75) is 26.1 Å². The first-order valence-electron chi connectivity index (χ1n) is 8.27. The molecule has 2 amide bonds. The lowest BCUT2D eigenvalue weighted by molar-refractivity contribution is -0.137. The van der Waals surface area contributed by atoms with Gasteiger partial charge < -0.3 is 16.0 Å². The second kappa shape index (κ2) is 8.57. The number of carbonyl (C=O) groups excluding carboxylic acids is 2. The first-order valence-corrected chi connectivity index (χ1v) is 8.27. The van der Waals surface area contributed by atoms with Crippen LogP contribution in [0.1, 0.15) is 29.8 Å². The number of hydrogen-bond donors (Lipinski definition) is 3. The molecule has 0 aliphatic carbocycles. The van der Waals surface area contributed by atoms with E-state index in [9.17, 15) is 22.8 Å². The fraction of sp³-hybridized carbons (Fsp3) is 0.263. The SMILES string of the molecule is CC(C)NC(=O)c1ccc(NC(=O)CNc2cccc(C(F)(F)F)c2)cc1. The maximum Gasteiger partial charge on any atom is 0.416 e. The highest BCUT2D eigenvalue weighted by Gasteiger charge is 2.30. The van der Waals surface area contributed by atoms with Crippen LogP contribution in [0.3, 0.4) is 0 Å². The second-order valence-electron chi connectivity index (χ2n) is 6.19. The van der Waals surface area contributed by atoms with Gasteiger partial charge in [-0.25, -0.2) is 0 Å². The van der Waals surface area contributed by atoms with E-state index in [1.165, 1.54) is 12.1 Å². The Morgan fingerprint density at radius 3 is 2.26 bits per heavy atom. The molecule has 3 N–H and O–H groups in total. The summed E-state index contributed by atoms with van der Waals surface area (Å²) in [5.41, 5.74) is 0.347. The highest BCUT2D eigenvalue weighted by molar-refractivity contribution is 5.96. The maximum absolute atomic E-state index is 12.7. The van der Waals surface area contributed by atoms with Gasteiger partial charge in [-0.3, -0.25) is 9.59 Å². The lowest BCUT2D eigenvalue weighted by Gasteiger charge is -2.11. The molecule has 0 radical (unpaired) electrons. The number of anilines is 2. The molecule has 2 aromatic rings. The zero-order chi connectivity index (χ0) is 20.0. The fourth-order valence-corrected chi connectivity index (χ4v) is 2.24. The van der Waals surface area contributed by atoms with E-state index in [1.807, 2.05) is 13.8 Å². The summed E-state index contributed by atoms with van der Waals surface area (Å²) < 4.78 is 38.0. The molecule has 0 spiro atoms. The Bertz CT molecular complexity index is 803. The van der Waals surface area contributed by atoms with Crippen molar-refractivity contribution in [1.29, 1.82) is 0 Å². The average Bonchev–Trinajstić information content (AvgIpc) is 2.59. The average molecular weight is 379 g/mol. The molecule has 0 fully saturated rings. The first-order chi connectivity index (χ1) is 12.6. The van der Waals surface area contributed by atoms with Gasteiger partial charge in [0, 0.05) is 23.0 Å². The summed E-state index contributed by atoms with van der Waals surface area (Å²) in [7, 11) is 0. The van der Waals surface area contributed by atoms with Crippen LogP contribution in [0.2, 0.25) is 0 Å². The van der Waals surface area contributed by atoms with E-state index in [2.05, 4.69) is 16.0 Å². The van der Waals surface area contributed by atoms with Crippen LogP contribution in [0.4, 0.5) is 24.5 Å². The summed E-state index contributed by atoms with van der Waals surface area (Å²) in [5, 5.41) is 8.02. The minimum atomic E-state index is -4.44. The molecular formula is C19H20F3N3O2. The molecular weight excluding hydrogens is 359 g/mol. The number of nitrogens with one attached hydrogen (secondary N) is 3. The minimum Gasteiger partial charge on any atom is -0.376 e. The van der Waals surface area contributed by atoms with Crippen LogP contribution in [0.25, 0.3) is 0 Å². The van der Waals surface area contributed by atoms with Crippen molar-refractivity contribution in [1.82, 2.24) is 5.32 Å². The molecule has 0 heterocycles. The van der Waals surface area contributed by atoms with E-state index in [0.717, 1.165) is 12.1 Å². The van der Waals surface area contributed by atoms with Gasteiger partial charge in [0.2, 0.25) is 5.91 Å². The third kappa shape index (κ3) is 6.32. The van der Waals surface area contributed by atoms with Gasteiger partial charge in [-0.05, 0) is 56.3 Å².